The number of benzene rings is 3. The molecule has 1 N–H and O–H groups in total. The van der Waals surface area contributed by atoms with Gasteiger partial charge in [0.15, 0.2) is 5.78 Å². The molecule has 0 atom stereocenters. The van der Waals surface area contributed by atoms with Crippen molar-refractivity contribution in [1.82, 2.24) is 9.97 Å². The number of carbonyl (C=O) groups excluding carboxylic acids is 1. The average Bonchev–Trinajstić information content (AvgIpc) is 3.66. The molecule has 0 amide bonds. The molecule has 0 spiro atoms. The van der Waals surface area contributed by atoms with Gasteiger partial charge in [0.1, 0.15) is 16.9 Å². The minimum atomic E-state index is -0.337. The van der Waals surface area contributed by atoms with Gasteiger partial charge < -0.3 is 5.11 Å². The molecule has 6 rings (SSSR count). The van der Waals surface area contributed by atoms with Gasteiger partial charge in [0.2, 0.25) is 0 Å². The number of aliphatic hydroxyl groups is 1. The van der Waals surface area contributed by atoms with E-state index in [0.29, 0.717) is 0 Å². The summed E-state index contributed by atoms with van der Waals surface area (Å²) in [5.74, 6) is 0.286. The van der Waals surface area contributed by atoms with Crippen molar-refractivity contribution < 1.29 is 30.0 Å². The first-order chi connectivity index (χ1) is 22.7. The minimum absolute atomic E-state index is 0. The molecule has 0 bridgehead atoms. The van der Waals surface area contributed by atoms with Crippen molar-refractivity contribution in [3.8, 4) is 11.3 Å². The topological polar surface area (TPSA) is 63.1 Å². The van der Waals surface area contributed by atoms with E-state index in [2.05, 4.69) is 87.3 Å². The molecule has 0 unspecified atom stereocenters. The summed E-state index contributed by atoms with van der Waals surface area (Å²) >= 11 is 3.62. The normalized spacial score (nSPS) is 12.7. The molecule has 261 valence electrons. The van der Waals surface area contributed by atoms with E-state index >= 15 is 0 Å². The molecule has 7 heteroatoms. The van der Waals surface area contributed by atoms with E-state index in [0.717, 1.165) is 52.5 Å². The molecule has 1 radical (unpaired) electrons. The van der Waals surface area contributed by atoms with Crippen LogP contribution in [0.15, 0.2) is 66.7 Å². The van der Waals surface area contributed by atoms with Gasteiger partial charge in [-0.2, -0.15) is 0 Å². The molecular formula is C42H49IrN2O2S2-. The van der Waals surface area contributed by atoms with Crippen molar-refractivity contribution in [3.05, 3.63) is 83.2 Å². The Hall–Kier alpha value is -2.96. The Morgan fingerprint density at radius 3 is 2.12 bits per heavy atom. The van der Waals surface area contributed by atoms with E-state index in [1.54, 1.807) is 17.7 Å². The number of aryl methyl sites for hydroxylation is 1. The molecule has 0 aliphatic carbocycles. The van der Waals surface area contributed by atoms with Gasteiger partial charge in [0.25, 0.3) is 0 Å². The Balaban J connectivity index is 0.000000260. The zero-order valence-electron chi connectivity index (χ0n) is 30.5. The van der Waals surface area contributed by atoms with Crippen LogP contribution in [-0.4, -0.2) is 20.9 Å². The molecule has 6 aromatic rings. The molecule has 0 aliphatic rings. The number of hydrogen-bond acceptors (Lipinski definition) is 6. The quantitative estimate of drug-likeness (QED) is 0.0940. The molecule has 0 saturated heterocycles. The monoisotopic (exact) mass is 870 g/mol. The Morgan fingerprint density at radius 2 is 1.49 bits per heavy atom. The third kappa shape index (κ3) is 7.56. The SMILES string of the molecule is CCC(C)(CC)C(=O)/C=C(\O)C(C)(CC)CC.Cc1cc2c(ccc3c2sc2ncnc(-c4[c-]c5ccccc5c(C(C)(C)C)c4)c23)s1.[Ir]. The summed E-state index contributed by atoms with van der Waals surface area (Å²) in [7, 11) is 0. The smallest absolute Gasteiger partial charge is 0.164 e. The molecule has 0 aliphatic heterocycles. The molecular weight excluding hydrogens is 821 g/mol. The number of aliphatic hydroxyl groups excluding tert-OH is 1. The van der Waals surface area contributed by atoms with Gasteiger partial charge in [-0.15, -0.1) is 51.8 Å². The van der Waals surface area contributed by atoms with Gasteiger partial charge in [0.05, 0.1) is 0 Å². The van der Waals surface area contributed by atoms with Crippen LogP contribution in [0.3, 0.4) is 0 Å². The van der Waals surface area contributed by atoms with E-state index in [1.165, 1.54) is 42.1 Å². The number of aromatic nitrogens is 2. The van der Waals surface area contributed by atoms with Crippen molar-refractivity contribution in [2.24, 2.45) is 10.8 Å². The second-order valence-electron chi connectivity index (χ2n) is 14.5. The van der Waals surface area contributed by atoms with Gasteiger partial charge in [-0.1, -0.05) is 97.5 Å². The standard InChI is InChI=1S/C27H21N2S2.C15H28O2.Ir/c1-15-11-20-22(30-15)10-9-19-23-24(28-14-29-26(23)31-25(19)20)17-12-16-7-5-6-8-18(16)21(13-17)27(2,3)4;1-7-14(5,8-2)12(16)11-13(17)15(6,9-3)10-4;/h5-11,13-14H,1-4H3;11,16H,7-10H2,1-6H3;/q-1;;/b;12-11-;. The molecule has 49 heavy (non-hydrogen) atoms. The minimum Gasteiger partial charge on any atom is -0.512 e. The number of carbonyl (C=O) groups is 1. The van der Waals surface area contributed by atoms with E-state index in [-0.39, 0.29) is 47.9 Å². The van der Waals surface area contributed by atoms with Crippen LogP contribution in [0.1, 0.15) is 98.4 Å². The summed E-state index contributed by atoms with van der Waals surface area (Å²) in [5.41, 5.74) is 2.75. The van der Waals surface area contributed by atoms with E-state index < -0.39 is 0 Å². The fraction of sp³-hybridized carbons (Fsp3) is 0.405. The summed E-state index contributed by atoms with van der Waals surface area (Å²) in [6.45, 7) is 21.1. The van der Waals surface area contributed by atoms with Crippen LogP contribution in [0.25, 0.3) is 52.4 Å². The molecule has 0 fully saturated rings. The van der Waals surface area contributed by atoms with Crippen molar-refractivity contribution in [3.63, 3.8) is 0 Å². The van der Waals surface area contributed by atoms with Gasteiger partial charge >= 0.3 is 0 Å². The third-order valence-electron chi connectivity index (χ3n) is 10.5. The predicted molar refractivity (Wildman–Crippen MR) is 209 cm³/mol. The zero-order chi connectivity index (χ0) is 35.0. The van der Waals surface area contributed by atoms with Crippen LogP contribution in [0, 0.1) is 23.8 Å². The maximum absolute atomic E-state index is 12.2. The summed E-state index contributed by atoms with van der Waals surface area (Å²) in [4.78, 5) is 24.0. The van der Waals surface area contributed by atoms with Crippen LogP contribution < -0.4 is 0 Å². The van der Waals surface area contributed by atoms with Gasteiger partial charge in [0, 0.05) is 67.8 Å². The van der Waals surface area contributed by atoms with Crippen LogP contribution in [-0.2, 0) is 30.3 Å². The number of thiophene rings is 2. The fourth-order valence-corrected chi connectivity index (χ4v) is 8.33. The second-order valence-corrected chi connectivity index (χ2v) is 16.8. The first kappa shape index (κ1) is 38.8. The van der Waals surface area contributed by atoms with E-state index in [1.807, 2.05) is 52.9 Å². The molecule has 4 nitrogen and oxygen atoms in total. The summed E-state index contributed by atoms with van der Waals surface area (Å²) in [6.07, 6.45) is 6.45. The predicted octanol–water partition coefficient (Wildman–Crippen LogP) is 12.9. The van der Waals surface area contributed by atoms with Crippen LogP contribution in [0.2, 0.25) is 0 Å². The third-order valence-corrected chi connectivity index (χ3v) is 12.7. The zero-order valence-corrected chi connectivity index (χ0v) is 34.5. The number of rotatable bonds is 8. The van der Waals surface area contributed by atoms with Gasteiger partial charge in [-0.05, 0) is 55.5 Å². The van der Waals surface area contributed by atoms with Crippen molar-refractivity contribution >= 4 is 69.6 Å². The van der Waals surface area contributed by atoms with Gasteiger partial charge in [-0.3, -0.25) is 9.78 Å². The van der Waals surface area contributed by atoms with Crippen LogP contribution >= 0.6 is 22.7 Å². The number of nitrogens with zero attached hydrogens (tertiary/aromatic N) is 2. The molecule has 3 aromatic heterocycles. The fourth-order valence-electron chi connectivity index (χ4n) is 6.17. The Labute approximate surface area is 313 Å². The number of fused-ring (bicyclic) bond motifs is 6. The first-order valence-electron chi connectivity index (χ1n) is 17.2. The Morgan fingerprint density at radius 1 is 0.837 bits per heavy atom. The molecule has 3 aromatic carbocycles. The summed E-state index contributed by atoms with van der Waals surface area (Å²) < 4.78 is 2.63. The van der Waals surface area contributed by atoms with Crippen LogP contribution in [0.4, 0.5) is 0 Å². The Kier molecular flexibility index (Phi) is 12.0. The van der Waals surface area contributed by atoms with E-state index in [4.69, 9.17) is 4.98 Å². The molecule has 3 heterocycles. The number of hydrogen-bond donors (Lipinski definition) is 1. The van der Waals surface area contributed by atoms with Crippen LogP contribution in [0.5, 0.6) is 0 Å². The summed E-state index contributed by atoms with van der Waals surface area (Å²) in [6, 6.07) is 21.2. The maximum Gasteiger partial charge on any atom is 0.164 e. The largest absolute Gasteiger partial charge is 0.512 e. The first-order valence-corrected chi connectivity index (χ1v) is 18.8. The van der Waals surface area contributed by atoms with E-state index in [9.17, 15) is 9.90 Å². The van der Waals surface area contributed by atoms with Crippen molar-refractivity contribution in [2.75, 3.05) is 0 Å². The molecule has 0 saturated carbocycles. The Bertz CT molecular complexity index is 2140. The van der Waals surface area contributed by atoms with Crippen molar-refractivity contribution in [1.29, 1.82) is 0 Å². The average molecular weight is 870 g/mol. The summed E-state index contributed by atoms with van der Waals surface area (Å²) in [5, 5.41) is 16.2. The maximum atomic E-state index is 12.2. The number of ketones is 1. The van der Waals surface area contributed by atoms with Crippen molar-refractivity contribution in [2.45, 2.75) is 100 Å². The number of allylic oxidation sites excluding steroid dienone is 2. The second kappa shape index (κ2) is 15.1. The van der Waals surface area contributed by atoms with Gasteiger partial charge in [-0.25, -0.2) is 4.98 Å².